The summed E-state index contributed by atoms with van der Waals surface area (Å²) < 4.78 is 40.7. The van der Waals surface area contributed by atoms with Crippen molar-refractivity contribution in [1.82, 2.24) is 9.62 Å². The number of thiophene rings is 1. The van der Waals surface area contributed by atoms with Crippen molar-refractivity contribution in [3.05, 3.63) is 51.5 Å². The lowest BCUT2D eigenvalue weighted by Crippen LogP contribution is -2.41. The van der Waals surface area contributed by atoms with Gasteiger partial charge >= 0.3 is 6.03 Å². The molecule has 8 nitrogen and oxygen atoms in total. The van der Waals surface area contributed by atoms with Gasteiger partial charge in [-0.2, -0.15) is 4.31 Å². The lowest BCUT2D eigenvalue weighted by atomic mass is 9.98. The van der Waals surface area contributed by atoms with Gasteiger partial charge in [0.15, 0.2) is 0 Å². The Morgan fingerprint density at radius 3 is 2.69 bits per heavy atom. The van der Waals surface area contributed by atoms with Crippen molar-refractivity contribution in [2.24, 2.45) is 10.9 Å². The van der Waals surface area contributed by atoms with Gasteiger partial charge in [0.1, 0.15) is 5.82 Å². The SMILES string of the molecule is CN(CC(NC(N)=O)c1ccc(F)cc1)S(=O)(=O)c1csc2c1CCCC2=NO. The average Bonchev–Trinajstić information content (AvgIpc) is 3.12. The van der Waals surface area contributed by atoms with Gasteiger partial charge in [-0.25, -0.2) is 17.6 Å². The molecule has 1 aliphatic carbocycles. The fourth-order valence-electron chi connectivity index (χ4n) is 3.33. The summed E-state index contributed by atoms with van der Waals surface area (Å²) in [5.74, 6) is -0.446. The molecule has 0 spiro atoms. The predicted molar refractivity (Wildman–Crippen MR) is 107 cm³/mol. The maximum absolute atomic E-state index is 13.2. The number of nitrogens with zero attached hydrogens (tertiary/aromatic N) is 2. The van der Waals surface area contributed by atoms with Crippen molar-refractivity contribution in [3.8, 4) is 0 Å². The molecule has 1 aromatic carbocycles. The maximum Gasteiger partial charge on any atom is 0.312 e. The van der Waals surface area contributed by atoms with Gasteiger partial charge in [0.05, 0.1) is 21.5 Å². The summed E-state index contributed by atoms with van der Waals surface area (Å²) in [4.78, 5) is 12.2. The summed E-state index contributed by atoms with van der Waals surface area (Å²) in [7, 11) is -2.47. The molecule has 1 unspecified atom stereocenters. The van der Waals surface area contributed by atoms with Crippen molar-refractivity contribution in [2.75, 3.05) is 13.6 Å². The molecule has 3 rings (SSSR count). The Kier molecular flexibility index (Phi) is 6.20. The van der Waals surface area contributed by atoms with Gasteiger partial charge in [-0.15, -0.1) is 11.3 Å². The van der Waals surface area contributed by atoms with Gasteiger partial charge in [0.25, 0.3) is 0 Å². The molecule has 29 heavy (non-hydrogen) atoms. The summed E-state index contributed by atoms with van der Waals surface area (Å²) in [6.45, 7) is -0.0948. The van der Waals surface area contributed by atoms with Crippen LogP contribution in [0.4, 0.5) is 9.18 Å². The summed E-state index contributed by atoms with van der Waals surface area (Å²) in [6.07, 6.45) is 1.85. The number of rotatable bonds is 6. The number of hydrogen-bond donors (Lipinski definition) is 3. The molecule has 1 aliphatic rings. The van der Waals surface area contributed by atoms with Crippen LogP contribution in [0.1, 0.15) is 34.9 Å². The fourth-order valence-corrected chi connectivity index (χ4v) is 6.22. The molecule has 1 heterocycles. The van der Waals surface area contributed by atoms with E-state index in [1.54, 1.807) is 5.38 Å². The fraction of sp³-hybridized carbons (Fsp3) is 0.333. The number of benzene rings is 1. The van der Waals surface area contributed by atoms with Gasteiger partial charge in [-0.3, -0.25) is 0 Å². The number of hydrogen-bond acceptors (Lipinski definition) is 6. The summed E-state index contributed by atoms with van der Waals surface area (Å²) in [6, 6.07) is 3.81. The second-order valence-electron chi connectivity index (χ2n) is 6.71. The standard InChI is InChI=1S/C18H21FN4O4S2/c1-23(9-15(21-18(20)24)11-5-7-12(19)8-6-11)29(26,27)16-10-28-17-13(16)3-2-4-14(17)22-25/h5-8,10,15,25H,2-4,9H2,1H3,(H3,20,21,24). The molecule has 11 heteroatoms. The number of amides is 2. The molecule has 1 aromatic heterocycles. The first-order valence-electron chi connectivity index (χ1n) is 8.83. The third-order valence-electron chi connectivity index (χ3n) is 4.80. The van der Waals surface area contributed by atoms with Gasteiger partial charge in [-0.05, 0) is 42.5 Å². The van der Waals surface area contributed by atoms with E-state index in [0.717, 1.165) is 4.31 Å². The number of nitrogens with one attached hydrogen (secondary N) is 1. The number of carbonyl (C=O) groups excluding carboxylic acids is 1. The van der Waals surface area contributed by atoms with Crippen LogP contribution in [0.5, 0.6) is 0 Å². The van der Waals surface area contributed by atoms with Crippen molar-refractivity contribution in [3.63, 3.8) is 0 Å². The van der Waals surface area contributed by atoms with Crippen LogP contribution in [0.15, 0.2) is 39.7 Å². The Morgan fingerprint density at radius 1 is 1.38 bits per heavy atom. The smallest absolute Gasteiger partial charge is 0.312 e. The van der Waals surface area contributed by atoms with Crippen LogP contribution in [-0.2, 0) is 16.4 Å². The normalized spacial score (nSPS) is 16.6. The molecule has 2 amide bonds. The van der Waals surface area contributed by atoms with E-state index >= 15 is 0 Å². The van der Waals surface area contributed by atoms with Crippen LogP contribution >= 0.6 is 11.3 Å². The molecule has 0 fully saturated rings. The highest BCUT2D eigenvalue weighted by atomic mass is 32.2. The summed E-state index contributed by atoms with van der Waals surface area (Å²) in [5.41, 5.74) is 6.88. The zero-order valence-electron chi connectivity index (χ0n) is 15.6. The molecule has 4 N–H and O–H groups in total. The molecule has 1 atom stereocenters. The number of oxime groups is 1. The highest BCUT2D eigenvalue weighted by Crippen LogP contribution is 2.35. The highest BCUT2D eigenvalue weighted by molar-refractivity contribution is 7.89. The van der Waals surface area contributed by atoms with Crippen LogP contribution in [-0.4, -0.2) is 43.3 Å². The molecule has 0 saturated heterocycles. The average molecular weight is 441 g/mol. The summed E-state index contributed by atoms with van der Waals surface area (Å²) in [5, 5.41) is 16.5. The van der Waals surface area contributed by atoms with E-state index in [4.69, 9.17) is 10.9 Å². The number of fused-ring (bicyclic) bond motifs is 1. The van der Waals surface area contributed by atoms with Gasteiger partial charge in [0.2, 0.25) is 10.0 Å². The van der Waals surface area contributed by atoms with Crippen LogP contribution in [0.25, 0.3) is 0 Å². The summed E-state index contributed by atoms with van der Waals surface area (Å²) >= 11 is 1.23. The number of halogens is 1. The number of carbonyl (C=O) groups is 1. The van der Waals surface area contributed by atoms with E-state index in [1.165, 1.54) is 42.6 Å². The minimum absolute atomic E-state index is 0.0948. The largest absolute Gasteiger partial charge is 0.411 e. The number of sulfonamides is 1. The van der Waals surface area contributed by atoms with Gasteiger partial charge in [0, 0.05) is 19.0 Å². The van der Waals surface area contributed by atoms with Gasteiger partial charge in [-0.1, -0.05) is 17.3 Å². The highest BCUT2D eigenvalue weighted by Gasteiger charge is 2.32. The molecule has 0 aliphatic heterocycles. The Balaban J connectivity index is 1.89. The molecular formula is C18H21FN4O4S2. The molecular weight excluding hydrogens is 419 g/mol. The minimum Gasteiger partial charge on any atom is -0.411 e. The van der Waals surface area contributed by atoms with Gasteiger partial charge < -0.3 is 16.3 Å². The van der Waals surface area contributed by atoms with Crippen molar-refractivity contribution >= 4 is 33.1 Å². The Hall–Kier alpha value is -2.50. The Morgan fingerprint density at radius 2 is 2.07 bits per heavy atom. The Labute approximate surface area is 171 Å². The van der Waals surface area contributed by atoms with Crippen molar-refractivity contribution in [2.45, 2.75) is 30.2 Å². The van der Waals surface area contributed by atoms with E-state index in [2.05, 4.69) is 10.5 Å². The first kappa shape index (κ1) is 21.2. The first-order valence-corrected chi connectivity index (χ1v) is 11.2. The number of nitrogens with two attached hydrogens (primary N) is 1. The predicted octanol–water partition coefficient (Wildman–Crippen LogP) is 2.43. The van der Waals surface area contributed by atoms with E-state index in [1.807, 2.05) is 0 Å². The number of likely N-dealkylation sites (N-methyl/N-ethyl adjacent to an activating group) is 1. The zero-order valence-corrected chi connectivity index (χ0v) is 17.3. The topological polar surface area (TPSA) is 125 Å². The maximum atomic E-state index is 13.2. The molecule has 156 valence electrons. The van der Waals surface area contributed by atoms with E-state index in [-0.39, 0.29) is 11.4 Å². The quantitative estimate of drug-likeness (QED) is 0.471. The molecule has 0 saturated carbocycles. The van der Waals surface area contributed by atoms with E-state index < -0.39 is 27.9 Å². The van der Waals surface area contributed by atoms with Crippen LogP contribution in [0, 0.1) is 5.82 Å². The van der Waals surface area contributed by atoms with E-state index in [9.17, 15) is 17.6 Å². The van der Waals surface area contributed by atoms with Crippen LogP contribution < -0.4 is 11.1 Å². The monoisotopic (exact) mass is 440 g/mol. The second kappa shape index (κ2) is 8.47. The third-order valence-corrected chi connectivity index (χ3v) is 7.91. The number of urea groups is 1. The molecule has 0 bridgehead atoms. The van der Waals surface area contributed by atoms with Crippen LogP contribution in [0.2, 0.25) is 0 Å². The molecule has 0 radical (unpaired) electrons. The van der Waals surface area contributed by atoms with Crippen molar-refractivity contribution in [1.29, 1.82) is 0 Å². The second-order valence-corrected chi connectivity index (χ2v) is 9.60. The minimum atomic E-state index is -3.87. The lowest BCUT2D eigenvalue weighted by molar-refractivity contribution is 0.243. The molecule has 2 aromatic rings. The zero-order chi connectivity index (χ0) is 21.2. The lowest BCUT2D eigenvalue weighted by Gasteiger charge is -2.25. The van der Waals surface area contributed by atoms with Crippen LogP contribution in [0.3, 0.4) is 0 Å². The first-order chi connectivity index (χ1) is 13.7. The van der Waals surface area contributed by atoms with E-state index in [0.29, 0.717) is 41.0 Å². The Bertz CT molecular complexity index is 1030. The number of primary amides is 1. The third kappa shape index (κ3) is 4.41. The van der Waals surface area contributed by atoms with Crippen molar-refractivity contribution < 1.29 is 22.8 Å².